The van der Waals surface area contributed by atoms with Gasteiger partial charge in [0.1, 0.15) is 6.04 Å². The number of esters is 1. The van der Waals surface area contributed by atoms with E-state index in [0.717, 1.165) is 25.4 Å². The molecule has 0 aromatic carbocycles. The Kier molecular flexibility index (Phi) is 3.62. The molecule has 1 atom stereocenters. The Balaban J connectivity index is 1.83. The summed E-state index contributed by atoms with van der Waals surface area (Å²) in [6.45, 7) is 2.16. The van der Waals surface area contributed by atoms with Crippen molar-refractivity contribution in [3.63, 3.8) is 0 Å². The van der Waals surface area contributed by atoms with E-state index >= 15 is 0 Å². The molecule has 1 heterocycles. The van der Waals surface area contributed by atoms with Crippen molar-refractivity contribution in [1.82, 2.24) is 4.90 Å². The third kappa shape index (κ3) is 2.94. The highest BCUT2D eigenvalue weighted by atomic mass is 16.5. The number of rotatable bonds is 4. The van der Waals surface area contributed by atoms with E-state index in [-0.39, 0.29) is 12.0 Å². The van der Waals surface area contributed by atoms with Crippen molar-refractivity contribution in [2.24, 2.45) is 5.92 Å². The van der Waals surface area contributed by atoms with E-state index in [1.807, 2.05) is 0 Å². The van der Waals surface area contributed by atoms with Crippen molar-refractivity contribution >= 4 is 5.97 Å². The van der Waals surface area contributed by atoms with Crippen LogP contribution in [0.25, 0.3) is 0 Å². The third-order valence-electron chi connectivity index (χ3n) is 3.61. The summed E-state index contributed by atoms with van der Waals surface area (Å²) in [7, 11) is 1.50. The Bertz CT molecular complexity index is 226. The maximum absolute atomic E-state index is 11.6. The van der Waals surface area contributed by atoms with Crippen LogP contribution >= 0.6 is 0 Å². The summed E-state index contributed by atoms with van der Waals surface area (Å²) in [6.07, 6.45) is 7.45. The molecule has 1 saturated heterocycles. The minimum Gasteiger partial charge on any atom is -0.468 e. The predicted octanol–water partition coefficient (Wildman–Crippen LogP) is 1.81. The molecular formula is C12H21NO2. The molecule has 0 aromatic rings. The summed E-state index contributed by atoms with van der Waals surface area (Å²) in [6, 6.07) is 0.0440. The Morgan fingerprint density at radius 3 is 2.80 bits per heavy atom. The maximum Gasteiger partial charge on any atom is 0.323 e. The molecule has 3 nitrogen and oxygen atoms in total. The lowest BCUT2D eigenvalue weighted by Gasteiger charge is -2.33. The zero-order valence-electron chi connectivity index (χ0n) is 9.58. The molecule has 1 aliphatic carbocycles. The van der Waals surface area contributed by atoms with E-state index in [0.29, 0.717) is 0 Å². The lowest BCUT2D eigenvalue weighted by atomic mass is 10.0. The normalized spacial score (nSPS) is 27.7. The molecule has 1 aliphatic heterocycles. The van der Waals surface area contributed by atoms with Gasteiger partial charge >= 0.3 is 5.97 Å². The molecule has 2 fully saturated rings. The summed E-state index contributed by atoms with van der Waals surface area (Å²) in [5.41, 5.74) is 0. The van der Waals surface area contributed by atoms with Gasteiger partial charge in [-0.3, -0.25) is 9.69 Å². The zero-order chi connectivity index (χ0) is 10.7. The Hall–Kier alpha value is -0.570. The molecule has 3 heteroatoms. The summed E-state index contributed by atoms with van der Waals surface area (Å²) in [5.74, 6) is 0.913. The Morgan fingerprint density at radius 2 is 2.13 bits per heavy atom. The van der Waals surface area contributed by atoms with Crippen LogP contribution in [-0.4, -0.2) is 37.1 Å². The molecule has 0 aromatic heterocycles. The number of hydrogen-bond acceptors (Lipinski definition) is 3. The maximum atomic E-state index is 11.6. The van der Waals surface area contributed by atoms with Gasteiger partial charge in [0.2, 0.25) is 0 Å². The summed E-state index contributed by atoms with van der Waals surface area (Å²) < 4.78 is 4.86. The van der Waals surface area contributed by atoms with Gasteiger partial charge in [-0.2, -0.15) is 0 Å². The lowest BCUT2D eigenvalue weighted by Crippen LogP contribution is -2.45. The van der Waals surface area contributed by atoms with Crippen LogP contribution in [-0.2, 0) is 9.53 Å². The first kappa shape index (κ1) is 10.9. The van der Waals surface area contributed by atoms with E-state index in [1.54, 1.807) is 0 Å². The van der Waals surface area contributed by atoms with Crippen LogP contribution in [0.15, 0.2) is 0 Å². The van der Waals surface area contributed by atoms with Gasteiger partial charge < -0.3 is 4.74 Å². The van der Waals surface area contributed by atoms with E-state index in [2.05, 4.69) is 4.90 Å². The van der Waals surface area contributed by atoms with Crippen LogP contribution in [0.4, 0.5) is 0 Å². The average molecular weight is 211 g/mol. The Morgan fingerprint density at radius 1 is 1.33 bits per heavy atom. The number of carbonyl (C=O) groups is 1. The minimum absolute atomic E-state index is 0.0366. The number of carbonyl (C=O) groups excluding carboxylic acids is 1. The molecule has 15 heavy (non-hydrogen) atoms. The Labute approximate surface area is 91.8 Å². The molecule has 2 aliphatic rings. The van der Waals surface area contributed by atoms with Gasteiger partial charge in [0.05, 0.1) is 7.11 Å². The highest BCUT2D eigenvalue weighted by Gasteiger charge is 2.30. The average Bonchev–Trinajstić information content (AvgIpc) is 3.09. The summed E-state index contributed by atoms with van der Waals surface area (Å²) in [5, 5.41) is 0. The second-order valence-corrected chi connectivity index (χ2v) is 4.80. The number of hydrogen-bond donors (Lipinski definition) is 0. The van der Waals surface area contributed by atoms with Gasteiger partial charge in [0.25, 0.3) is 0 Å². The fourth-order valence-corrected chi connectivity index (χ4v) is 2.42. The van der Waals surface area contributed by atoms with Crippen LogP contribution < -0.4 is 0 Å². The first-order valence-electron chi connectivity index (χ1n) is 6.13. The summed E-state index contributed by atoms with van der Waals surface area (Å²) >= 11 is 0. The molecule has 0 spiro atoms. The molecule has 0 radical (unpaired) electrons. The van der Waals surface area contributed by atoms with Crippen molar-refractivity contribution in [3.8, 4) is 0 Å². The SMILES string of the molecule is COC(=O)[C@H]1CCCCN1CCC1CC1. The molecule has 0 amide bonds. The lowest BCUT2D eigenvalue weighted by molar-refractivity contribution is -0.148. The van der Waals surface area contributed by atoms with Crippen LogP contribution in [0.1, 0.15) is 38.5 Å². The quantitative estimate of drug-likeness (QED) is 0.664. The van der Waals surface area contributed by atoms with Crippen molar-refractivity contribution in [2.75, 3.05) is 20.2 Å². The standard InChI is InChI=1S/C12H21NO2/c1-15-12(14)11-4-2-3-8-13(11)9-7-10-5-6-10/h10-11H,2-9H2,1H3/t11-/m1/s1. The first-order chi connectivity index (χ1) is 7.31. The molecule has 1 saturated carbocycles. The second-order valence-electron chi connectivity index (χ2n) is 4.80. The van der Waals surface area contributed by atoms with Gasteiger partial charge in [-0.25, -0.2) is 0 Å². The van der Waals surface area contributed by atoms with Crippen molar-refractivity contribution < 1.29 is 9.53 Å². The van der Waals surface area contributed by atoms with Crippen molar-refractivity contribution in [2.45, 2.75) is 44.6 Å². The molecular weight excluding hydrogens is 190 g/mol. The van der Waals surface area contributed by atoms with Crippen LogP contribution in [0.2, 0.25) is 0 Å². The third-order valence-corrected chi connectivity index (χ3v) is 3.61. The van der Waals surface area contributed by atoms with Crippen LogP contribution in [0, 0.1) is 5.92 Å². The predicted molar refractivity (Wildman–Crippen MR) is 58.6 cm³/mol. The smallest absolute Gasteiger partial charge is 0.323 e. The highest BCUT2D eigenvalue weighted by molar-refractivity contribution is 5.75. The van der Waals surface area contributed by atoms with Gasteiger partial charge in [-0.1, -0.05) is 19.3 Å². The minimum atomic E-state index is -0.0366. The number of methoxy groups -OCH3 is 1. The second kappa shape index (κ2) is 4.97. The zero-order valence-corrected chi connectivity index (χ0v) is 9.58. The molecule has 0 unspecified atom stereocenters. The van der Waals surface area contributed by atoms with E-state index in [9.17, 15) is 4.79 Å². The molecule has 0 bridgehead atoms. The van der Waals surface area contributed by atoms with E-state index in [4.69, 9.17) is 4.74 Å². The van der Waals surface area contributed by atoms with Gasteiger partial charge in [-0.05, 0) is 38.3 Å². The monoisotopic (exact) mass is 211 g/mol. The number of nitrogens with zero attached hydrogens (tertiary/aromatic N) is 1. The number of likely N-dealkylation sites (tertiary alicyclic amines) is 1. The number of ether oxygens (including phenoxy) is 1. The van der Waals surface area contributed by atoms with Crippen molar-refractivity contribution in [1.29, 1.82) is 0 Å². The van der Waals surface area contributed by atoms with Gasteiger partial charge in [-0.15, -0.1) is 0 Å². The molecule has 2 rings (SSSR count). The highest BCUT2D eigenvalue weighted by Crippen LogP contribution is 2.33. The van der Waals surface area contributed by atoms with Crippen LogP contribution in [0.3, 0.4) is 0 Å². The van der Waals surface area contributed by atoms with Gasteiger partial charge in [0, 0.05) is 0 Å². The largest absolute Gasteiger partial charge is 0.468 e. The van der Waals surface area contributed by atoms with Crippen LogP contribution in [0.5, 0.6) is 0 Å². The molecule has 86 valence electrons. The molecule has 0 N–H and O–H groups in total. The topological polar surface area (TPSA) is 29.5 Å². The fraction of sp³-hybridized carbons (Fsp3) is 0.917. The fourth-order valence-electron chi connectivity index (χ4n) is 2.42. The van der Waals surface area contributed by atoms with Gasteiger partial charge in [0.15, 0.2) is 0 Å². The summed E-state index contributed by atoms with van der Waals surface area (Å²) in [4.78, 5) is 13.9. The first-order valence-corrected chi connectivity index (χ1v) is 6.13. The van der Waals surface area contributed by atoms with E-state index < -0.39 is 0 Å². The number of piperidine rings is 1. The van der Waals surface area contributed by atoms with E-state index in [1.165, 1.54) is 39.2 Å². The van der Waals surface area contributed by atoms with Crippen molar-refractivity contribution in [3.05, 3.63) is 0 Å².